The zero-order chi connectivity index (χ0) is 19.8. The summed E-state index contributed by atoms with van der Waals surface area (Å²) >= 11 is 0. The first-order valence-corrected chi connectivity index (χ1v) is 9.10. The first-order valence-electron chi connectivity index (χ1n) is 9.10. The van der Waals surface area contributed by atoms with E-state index in [1.165, 1.54) is 28.9 Å². The van der Waals surface area contributed by atoms with E-state index in [4.69, 9.17) is 0 Å². The highest BCUT2D eigenvalue weighted by Gasteiger charge is 2.29. The molecule has 0 fully saturated rings. The summed E-state index contributed by atoms with van der Waals surface area (Å²) in [6.45, 7) is 0. The number of hydrogen-bond donors (Lipinski definition) is 1. The van der Waals surface area contributed by atoms with Gasteiger partial charge in [-0.2, -0.15) is 10.2 Å². The smallest absolute Gasteiger partial charge is 0.267 e. The summed E-state index contributed by atoms with van der Waals surface area (Å²) in [5.74, 6) is -1.79. The molecule has 28 heavy (non-hydrogen) atoms. The summed E-state index contributed by atoms with van der Waals surface area (Å²) in [5, 5.41) is 12.5. The Bertz CT molecular complexity index is 964. The summed E-state index contributed by atoms with van der Waals surface area (Å²) in [4.78, 5) is 24.1. The number of hydrogen-bond acceptors (Lipinski definition) is 4. The van der Waals surface area contributed by atoms with Crippen molar-refractivity contribution in [3.05, 3.63) is 47.3 Å². The second-order valence-corrected chi connectivity index (χ2v) is 6.97. The van der Waals surface area contributed by atoms with Crippen LogP contribution >= 0.6 is 0 Å². The number of benzene rings is 1. The van der Waals surface area contributed by atoms with E-state index in [9.17, 15) is 18.4 Å². The maximum Gasteiger partial charge on any atom is 0.267 e. The fraction of sp³-hybridized carbons (Fsp3) is 0.368. The minimum absolute atomic E-state index is 0.125. The van der Waals surface area contributed by atoms with Crippen LogP contribution in [-0.2, 0) is 16.0 Å². The van der Waals surface area contributed by atoms with Crippen LogP contribution in [0.2, 0.25) is 0 Å². The lowest BCUT2D eigenvalue weighted by atomic mass is 9.92. The minimum Gasteiger partial charge on any atom is -0.344 e. The van der Waals surface area contributed by atoms with Crippen LogP contribution in [0.5, 0.6) is 0 Å². The van der Waals surface area contributed by atoms with Crippen molar-refractivity contribution < 1.29 is 18.4 Å². The van der Waals surface area contributed by atoms with Gasteiger partial charge in [-0.25, -0.2) is 18.5 Å². The largest absolute Gasteiger partial charge is 0.344 e. The number of fused-ring (bicyclic) bond motifs is 1. The molecular weight excluding hydrogens is 368 g/mol. The van der Waals surface area contributed by atoms with Gasteiger partial charge in [-0.15, -0.1) is 0 Å². The highest BCUT2D eigenvalue weighted by Crippen LogP contribution is 2.31. The first-order chi connectivity index (χ1) is 13.4. The molecule has 0 saturated carbocycles. The van der Waals surface area contributed by atoms with E-state index in [1.807, 2.05) is 0 Å². The molecule has 1 aromatic carbocycles. The highest BCUT2D eigenvalue weighted by molar-refractivity contribution is 6.39. The molecule has 0 saturated heterocycles. The Morgan fingerprint density at radius 1 is 1.18 bits per heavy atom. The molecule has 0 radical (unpaired) electrons. The van der Waals surface area contributed by atoms with Gasteiger partial charge in [0.15, 0.2) is 0 Å². The molecule has 0 spiro atoms. The molecule has 2 amide bonds. The second-order valence-electron chi connectivity index (χ2n) is 6.97. The van der Waals surface area contributed by atoms with Crippen molar-refractivity contribution in [2.45, 2.75) is 38.1 Å². The molecule has 1 aliphatic heterocycles. The minimum atomic E-state index is -0.672. The van der Waals surface area contributed by atoms with Crippen molar-refractivity contribution in [2.75, 3.05) is 7.05 Å². The van der Waals surface area contributed by atoms with Crippen molar-refractivity contribution in [3.8, 4) is 5.69 Å². The van der Waals surface area contributed by atoms with Crippen LogP contribution in [0.1, 0.15) is 43.0 Å². The van der Waals surface area contributed by atoms with E-state index in [0.717, 1.165) is 30.2 Å². The van der Waals surface area contributed by atoms with Crippen LogP contribution in [0.25, 0.3) is 5.69 Å². The topological polar surface area (TPSA) is 79.6 Å². The van der Waals surface area contributed by atoms with Crippen LogP contribution < -0.4 is 5.32 Å². The zero-order valence-electron chi connectivity index (χ0n) is 15.3. The molecule has 1 aromatic heterocycles. The van der Waals surface area contributed by atoms with Crippen LogP contribution in [0, 0.1) is 11.6 Å². The molecular formula is C19H19F2N5O2. The Morgan fingerprint density at radius 3 is 2.64 bits per heavy atom. The number of amides is 2. The third-order valence-electron chi connectivity index (χ3n) is 5.05. The molecule has 2 heterocycles. The van der Waals surface area contributed by atoms with Crippen molar-refractivity contribution in [1.82, 2.24) is 20.1 Å². The first kappa shape index (κ1) is 18.3. The van der Waals surface area contributed by atoms with Gasteiger partial charge in [0, 0.05) is 37.2 Å². The Labute approximate surface area is 160 Å². The summed E-state index contributed by atoms with van der Waals surface area (Å²) in [7, 11) is 1.52. The molecule has 0 unspecified atom stereocenters. The molecule has 0 bridgehead atoms. The lowest BCUT2D eigenvalue weighted by molar-refractivity contribution is -0.130. The van der Waals surface area contributed by atoms with E-state index in [2.05, 4.69) is 15.5 Å². The molecule has 1 aliphatic carbocycles. The molecule has 2 aliphatic rings. The Kier molecular flexibility index (Phi) is 4.66. The zero-order valence-corrected chi connectivity index (χ0v) is 15.3. The average Bonchev–Trinajstić information content (AvgIpc) is 3.08. The maximum atomic E-state index is 13.6. The van der Waals surface area contributed by atoms with Gasteiger partial charge >= 0.3 is 0 Å². The van der Waals surface area contributed by atoms with Crippen LogP contribution in [0.3, 0.4) is 0 Å². The predicted octanol–water partition coefficient (Wildman–Crippen LogP) is 2.25. The number of halogens is 2. The highest BCUT2D eigenvalue weighted by atomic mass is 19.1. The van der Waals surface area contributed by atoms with Crippen LogP contribution in [0.15, 0.2) is 29.5 Å². The van der Waals surface area contributed by atoms with Gasteiger partial charge in [0.25, 0.3) is 5.91 Å². The average molecular weight is 387 g/mol. The summed E-state index contributed by atoms with van der Waals surface area (Å²) in [5.41, 5.74) is 2.26. The van der Waals surface area contributed by atoms with Crippen LogP contribution in [-0.4, -0.2) is 39.4 Å². The predicted molar refractivity (Wildman–Crippen MR) is 96.7 cm³/mol. The van der Waals surface area contributed by atoms with E-state index < -0.39 is 11.6 Å². The third kappa shape index (κ3) is 3.39. The van der Waals surface area contributed by atoms with Gasteiger partial charge in [0.1, 0.15) is 17.3 Å². The number of aromatic nitrogens is 2. The lowest BCUT2D eigenvalue weighted by Crippen LogP contribution is -2.40. The van der Waals surface area contributed by atoms with Crippen molar-refractivity contribution >= 4 is 17.5 Å². The van der Waals surface area contributed by atoms with Gasteiger partial charge in [0.05, 0.1) is 17.9 Å². The number of nitrogens with one attached hydrogen (secondary N) is 1. The van der Waals surface area contributed by atoms with E-state index >= 15 is 0 Å². The molecule has 1 N–H and O–H groups in total. The monoisotopic (exact) mass is 387 g/mol. The van der Waals surface area contributed by atoms with E-state index in [0.29, 0.717) is 24.2 Å². The summed E-state index contributed by atoms with van der Waals surface area (Å²) in [6.07, 6.45) is 4.40. The fourth-order valence-corrected chi connectivity index (χ4v) is 3.67. The maximum absolute atomic E-state index is 13.6. The van der Waals surface area contributed by atoms with Gasteiger partial charge < -0.3 is 5.32 Å². The number of carbonyl (C=O) groups excluding carboxylic acids is 2. The molecule has 4 rings (SSSR count). The Morgan fingerprint density at radius 2 is 1.93 bits per heavy atom. The normalized spacial score (nSPS) is 19.2. The van der Waals surface area contributed by atoms with Crippen molar-refractivity contribution in [1.29, 1.82) is 0 Å². The number of rotatable bonds is 3. The molecule has 2 aromatic rings. The summed E-state index contributed by atoms with van der Waals surface area (Å²) in [6, 6.07) is 2.99. The Hall–Kier alpha value is -3.10. The lowest BCUT2D eigenvalue weighted by Gasteiger charge is -2.25. The van der Waals surface area contributed by atoms with Gasteiger partial charge in [-0.05, 0) is 31.4 Å². The van der Waals surface area contributed by atoms with E-state index in [-0.39, 0.29) is 24.3 Å². The molecule has 1 atom stereocenters. The number of hydrazone groups is 1. The second kappa shape index (κ2) is 7.14. The standard InChI is InChI=1S/C19H19F2N5O2/c1-25-18(27)6-5-16(24-25)19(28)23-15-3-2-4-17-14(15)10-22-26(17)13-8-11(20)7-12(21)9-13/h7-10,15H,2-6H2,1H3,(H,23,28)/t15-/m1/s1. The van der Waals surface area contributed by atoms with Gasteiger partial charge in [0.2, 0.25) is 5.91 Å². The SMILES string of the molecule is CN1N=C(C(=O)N[C@@H]2CCCc3c2cnn3-c2cc(F)cc(F)c2)CCC1=O. The number of carbonyl (C=O) groups is 2. The van der Waals surface area contributed by atoms with E-state index in [1.54, 1.807) is 6.20 Å². The van der Waals surface area contributed by atoms with Gasteiger partial charge in [-0.1, -0.05) is 0 Å². The fourth-order valence-electron chi connectivity index (χ4n) is 3.67. The van der Waals surface area contributed by atoms with Crippen molar-refractivity contribution in [3.63, 3.8) is 0 Å². The van der Waals surface area contributed by atoms with Crippen LogP contribution in [0.4, 0.5) is 8.78 Å². The molecule has 7 nitrogen and oxygen atoms in total. The van der Waals surface area contributed by atoms with Gasteiger partial charge in [-0.3, -0.25) is 9.59 Å². The molecule has 146 valence electrons. The summed E-state index contributed by atoms with van der Waals surface area (Å²) < 4.78 is 28.7. The Balaban J connectivity index is 1.58. The quantitative estimate of drug-likeness (QED) is 0.877. The number of nitrogens with zero attached hydrogens (tertiary/aromatic N) is 4. The van der Waals surface area contributed by atoms with Crippen molar-refractivity contribution in [2.24, 2.45) is 5.10 Å². The third-order valence-corrected chi connectivity index (χ3v) is 5.05. The molecule has 9 heteroatoms.